The van der Waals surface area contributed by atoms with Crippen LogP contribution >= 0.6 is 0 Å². The highest BCUT2D eigenvalue weighted by molar-refractivity contribution is 7.90. The van der Waals surface area contributed by atoms with Crippen LogP contribution in [0.3, 0.4) is 0 Å². The molecule has 0 saturated carbocycles. The van der Waals surface area contributed by atoms with Crippen molar-refractivity contribution in [2.45, 2.75) is 44.8 Å². The van der Waals surface area contributed by atoms with Crippen LogP contribution < -0.4 is 4.72 Å². The average molecular weight is 245 g/mol. The maximum absolute atomic E-state index is 11.7. The first-order valence-corrected chi connectivity index (χ1v) is 7.22. The van der Waals surface area contributed by atoms with E-state index < -0.39 is 15.3 Å². The van der Waals surface area contributed by atoms with Gasteiger partial charge in [-0.25, -0.2) is 8.42 Å². The predicted octanol–water partition coefficient (Wildman–Crippen LogP) is 1.59. The van der Waals surface area contributed by atoms with E-state index in [4.69, 9.17) is 0 Å². The molecule has 16 heavy (non-hydrogen) atoms. The smallest absolute Gasteiger partial charge is 0.237 e. The Balaban J connectivity index is 2.60. The molecular weight excluding hydrogens is 226 g/mol. The van der Waals surface area contributed by atoms with Gasteiger partial charge in [0.15, 0.2) is 0 Å². The van der Waals surface area contributed by atoms with E-state index in [0.717, 1.165) is 12.8 Å². The Hall–Kier alpha value is -0.840. The Kier molecular flexibility index (Phi) is 4.53. The maximum Gasteiger partial charge on any atom is 0.237 e. The third-order valence-electron chi connectivity index (χ3n) is 2.99. The topological polar surface area (TPSA) is 63.2 Å². The molecule has 1 aliphatic carbocycles. The molecule has 0 aliphatic heterocycles. The van der Waals surface area contributed by atoms with Crippen LogP contribution in [0.1, 0.15) is 39.5 Å². The Labute approximate surface area is 97.2 Å². The van der Waals surface area contributed by atoms with Gasteiger partial charge in [-0.3, -0.25) is 9.52 Å². The highest BCUT2D eigenvalue weighted by Gasteiger charge is 2.26. The summed E-state index contributed by atoms with van der Waals surface area (Å²) in [5, 5.41) is -0.518. The van der Waals surface area contributed by atoms with Crippen LogP contribution in [-0.2, 0) is 14.8 Å². The Morgan fingerprint density at radius 2 is 2.19 bits per heavy atom. The van der Waals surface area contributed by atoms with Gasteiger partial charge < -0.3 is 0 Å². The number of allylic oxidation sites excluding steroid dienone is 2. The van der Waals surface area contributed by atoms with E-state index in [9.17, 15) is 13.2 Å². The van der Waals surface area contributed by atoms with E-state index in [1.807, 2.05) is 12.2 Å². The van der Waals surface area contributed by atoms with Crippen molar-refractivity contribution in [1.29, 1.82) is 0 Å². The van der Waals surface area contributed by atoms with Crippen molar-refractivity contribution < 1.29 is 13.2 Å². The molecule has 0 radical (unpaired) electrons. The zero-order valence-corrected chi connectivity index (χ0v) is 10.6. The monoisotopic (exact) mass is 245 g/mol. The van der Waals surface area contributed by atoms with E-state index in [1.54, 1.807) is 13.8 Å². The molecule has 0 fully saturated rings. The van der Waals surface area contributed by atoms with Gasteiger partial charge in [0.25, 0.3) is 0 Å². The number of rotatable bonds is 4. The number of hydrogen-bond donors (Lipinski definition) is 1. The van der Waals surface area contributed by atoms with Gasteiger partial charge in [0, 0.05) is 5.92 Å². The fourth-order valence-electron chi connectivity index (χ4n) is 1.58. The molecule has 0 aromatic carbocycles. The largest absolute Gasteiger partial charge is 0.274 e. The minimum Gasteiger partial charge on any atom is -0.274 e. The highest BCUT2D eigenvalue weighted by atomic mass is 32.2. The van der Waals surface area contributed by atoms with Crippen molar-refractivity contribution in [3.63, 3.8) is 0 Å². The van der Waals surface area contributed by atoms with Gasteiger partial charge in [-0.1, -0.05) is 19.1 Å². The van der Waals surface area contributed by atoms with Gasteiger partial charge in [-0.2, -0.15) is 0 Å². The Bertz CT molecular complexity index is 373. The van der Waals surface area contributed by atoms with E-state index in [0.29, 0.717) is 12.8 Å². The second-order valence-corrected chi connectivity index (χ2v) is 6.31. The predicted molar refractivity (Wildman–Crippen MR) is 63.3 cm³/mol. The second kappa shape index (κ2) is 5.48. The lowest BCUT2D eigenvalue weighted by atomic mass is 9.94. The fourth-order valence-corrected chi connectivity index (χ4v) is 2.66. The zero-order valence-electron chi connectivity index (χ0n) is 9.77. The number of carbonyl (C=O) groups is 1. The van der Waals surface area contributed by atoms with Crippen molar-refractivity contribution in [2.75, 3.05) is 0 Å². The normalized spacial score (nSPS) is 22.8. The summed E-state index contributed by atoms with van der Waals surface area (Å²) < 4.78 is 25.5. The van der Waals surface area contributed by atoms with Crippen molar-refractivity contribution >= 4 is 15.9 Å². The van der Waals surface area contributed by atoms with Crippen LogP contribution in [0.15, 0.2) is 12.2 Å². The van der Waals surface area contributed by atoms with Crippen LogP contribution in [0.2, 0.25) is 0 Å². The molecular formula is C11H19NO3S. The molecule has 0 aromatic heterocycles. The number of sulfonamides is 1. The van der Waals surface area contributed by atoms with Gasteiger partial charge in [-0.15, -0.1) is 0 Å². The molecule has 5 heteroatoms. The SMILES string of the molecule is CC[C@H](C)S(=O)(=O)NC(=O)[C@@H]1CC=CCC1. The molecule has 0 bridgehead atoms. The molecule has 1 aliphatic rings. The summed E-state index contributed by atoms with van der Waals surface area (Å²) in [5.41, 5.74) is 0. The Morgan fingerprint density at radius 1 is 1.50 bits per heavy atom. The summed E-state index contributed by atoms with van der Waals surface area (Å²) in [4.78, 5) is 11.7. The van der Waals surface area contributed by atoms with Crippen LogP contribution in [0.4, 0.5) is 0 Å². The minimum absolute atomic E-state index is 0.191. The van der Waals surface area contributed by atoms with Gasteiger partial charge in [0.2, 0.25) is 15.9 Å². The number of amides is 1. The van der Waals surface area contributed by atoms with E-state index >= 15 is 0 Å². The minimum atomic E-state index is -3.48. The molecule has 0 saturated heterocycles. The number of carbonyl (C=O) groups excluding carboxylic acids is 1. The first-order chi connectivity index (χ1) is 7.47. The standard InChI is InChI=1S/C11H19NO3S/c1-3-9(2)16(14,15)12-11(13)10-7-5-4-6-8-10/h4-5,9-10H,3,6-8H2,1-2H3,(H,12,13)/t9-,10+/m0/s1. The molecule has 1 rings (SSSR count). The van der Waals surface area contributed by atoms with Crippen molar-refractivity contribution in [3.05, 3.63) is 12.2 Å². The highest BCUT2D eigenvalue weighted by Crippen LogP contribution is 2.18. The lowest BCUT2D eigenvalue weighted by molar-refractivity contribution is -0.123. The van der Waals surface area contributed by atoms with E-state index in [2.05, 4.69) is 4.72 Å². The van der Waals surface area contributed by atoms with Crippen molar-refractivity contribution in [3.8, 4) is 0 Å². The maximum atomic E-state index is 11.7. The molecule has 2 atom stereocenters. The van der Waals surface area contributed by atoms with Crippen molar-refractivity contribution in [2.24, 2.45) is 5.92 Å². The van der Waals surface area contributed by atoms with Crippen LogP contribution in [0.5, 0.6) is 0 Å². The van der Waals surface area contributed by atoms with Crippen LogP contribution in [0, 0.1) is 5.92 Å². The molecule has 4 nitrogen and oxygen atoms in total. The molecule has 92 valence electrons. The summed E-state index contributed by atoms with van der Waals surface area (Å²) in [7, 11) is -3.48. The van der Waals surface area contributed by atoms with Crippen LogP contribution in [0.25, 0.3) is 0 Å². The first-order valence-electron chi connectivity index (χ1n) is 5.67. The zero-order chi connectivity index (χ0) is 12.2. The van der Waals surface area contributed by atoms with Gasteiger partial charge >= 0.3 is 0 Å². The summed E-state index contributed by atoms with van der Waals surface area (Å²) in [6, 6.07) is 0. The first kappa shape index (κ1) is 13.2. The number of nitrogens with one attached hydrogen (secondary N) is 1. The summed E-state index contributed by atoms with van der Waals surface area (Å²) >= 11 is 0. The molecule has 1 N–H and O–H groups in total. The van der Waals surface area contributed by atoms with Gasteiger partial charge in [-0.05, 0) is 32.6 Å². The lowest BCUT2D eigenvalue weighted by Gasteiger charge is -2.18. The molecule has 0 spiro atoms. The summed E-state index contributed by atoms with van der Waals surface area (Å²) in [5.74, 6) is -0.548. The van der Waals surface area contributed by atoms with Gasteiger partial charge in [0.1, 0.15) is 0 Å². The molecule has 0 aromatic rings. The van der Waals surface area contributed by atoms with Crippen LogP contribution in [-0.4, -0.2) is 19.6 Å². The molecule has 0 unspecified atom stereocenters. The summed E-state index contributed by atoms with van der Waals surface area (Å²) in [6.45, 7) is 3.40. The lowest BCUT2D eigenvalue weighted by Crippen LogP contribution is -2.40. The average Bonchev–Trinajstić information content (AvgIpc) is 2.28. The Morgan fingerprint density at radius 3 is 2.69 bits per heavy atom. The third-order valence-corrected chi connectivity index (χ3v) is 4.87. The fraction of sp³-hybridized carbons (Fsp3) is 0.727. The van der Waals surface area contributed by atoms with Gasteiger partial charge in [0.05, 0.1) is 5.25 Å². The van der Waals surface area contributed by atoms with E-state index in [-0.39, 0.29) is 11.8 Å². The molecule has 0 heterocycles. The third kappa shape index (κ3) is 3.33. The van der Waals surface area contributed by atoms with E-state index in [1.165, 1.54) is 0 Å². The van der Waals surface area contributed by atoms with Crippen molar-refractivity contribution in [1.82, 2.24) is 4.72 Å². The molecule has 1 amide bonds. The second-order valence-electron chi connectivity index (χ2n) is 4.21. The quantitative estimate of drug-likeness (QED) is 0.765. The summed E-state index contributed by atoms with van der Waals surface area (Å²) in [6.07, 6.45) is 6.69. The number of hydrogen-bond acceptors (Lipinski definition) is 3.